The highest BCUT2D eigenvalue weighted by Crippen LogP contribution is 2.32. The van der Waals surface area contributed by atoms with Crippen LogP contribution in [0, 0.1) is 5.92 Å². The number of nitrogens with zero attached hydrogens (tertiary/aromatic N) is 2. The first-order chi connectivity index (χ1) is 12.1. The summed E-state index contributed by atoms with van der Waals surface area (Å²) in [5.41, 5.74) is 0.548. The molecule has 1 atom stereocenters. The maximum absolute atomic E-state index is 13.1. The number of anilines is 1. The number of hydrogen-bond acceptors (Lipinski definition) is 3. The topological polar surface area (TPSA) is 57.7 Å². The van der Waals surface area contributed by atoms with Crippen LogP contribution in [-0.2, 0) is 9.59 Å². The normalized spacial score (nSPS) is 22.6. The van der Waals surface area contributed by atoms with E-state index in [0.29, 0.717) is 12.1 Å². The predicted molar refractivity (Wildman–Crippen MR) is 96.1 cm³/mol. The molecule has 0 aromatic heterocycles. The van der Waals surface area contributed by atoms with Crippen molar-refractivity contribution in [1.29, 1.82) is 0 Å². The second-order valence-corrected chi connectivity index (χ2v) is 6.99. The van der Waals surface area contributed by atoms with Gasteiger partial charge >= 0.3 is 6.03 Å². The Balaban J connectivity index is 1.95. The molecule has 0 N–H and O–H groups in total. The molecule has 0 bridgehead atoms. The van der Waals surface area contributed by atoms with Crippen molar-refractivity contribution in [3.63, 3.8) is 0 Å². The highest BCUT2D eigenvalue weighted by atomic mass is 16.2. The lowest BCUT2D eigenvalue weighted by molar-refractivity contribution is -0.143. The van der Waals surface area contributed by atoms with Gasteiger partial charge in [0.1, 0.15) is 5.92 Å². The fraction of sp³-hybridized carbons (Fsp3) is 0.550. The lowest BCUT2D eigenvalue weighted by Gasteiger charge is -2.41. The Hall–Kier alpha value is -2.17. The summed E-state index contributed by atoms with van der Waals surface area (Å²) in [7, 11) is 0. The van der Waals surface area contributed by atoms with E-state index in [9.17, 15) is 14.4 Å². The molecular formula is C20H26N2O3. The van der Waals surface area contributed by atoms with E-state index in [2.05, 4.69) is 0 Å². The van der Waals surface area contributed by atoms with E-state index in [-0.39, 0.29) is 17.9 Å². The van der Waals surface area contributed by atoms with E-state index in [4.69, 9.17) is 0 Å². The highest BCUT2D eigenvalue weighted by Gasteiger charge is 2.48. The predicted octanol–water partition coefficient (Wildman–Crippen LogP) is 4.12. The Labute approximate surface area is 149 Å². The first-order valence-electron chi connectivity index (χ1n) is 9.41. The van der Waals surface area contributed by atoms with Gasteiger partial charge in [0.15, 0.2) is 0 Å². The van der Waals surface area contributed by atoms with Gasteiger partial charge in [-0.15, -0.1) is 0 Å². The van der Waals surface area contributed by atoms with Gasteiger partial charge in [0, 0.05) is 6.04 Å². The van der Waals surface area contributed by atoms with Crippen LogP contribution in [0.2, 0.25) is 0 Å². The van der Waals surface area contributed by atoms with Crippen molar-refractivity contribution in [2.24, 2.45) is 5.92 Å². The minimum Gasteiger partial charge on any atom is -0.273 e. The third-order valence-electron chi connectivity index (χ3n) is 5.25. The molecule has 25 heavy (non-hydrogen) atoms. The number of para-hydroxylation sites is 1. The average Bonchev–Trinajstić information content (AvgIpc) is 2.63. The Morgan fingerprint density at radius 1 is 0.960 bits per heavy atom. The Morgan fingerprint density at radius 2 is 1.64 bits per heavy atom. The van der Waals surface area contributed by atoms with Crippen LogP contribution in [0.1, 0.15) is 58.3 Å². The number of carbonyl (C=O) groups excluding carboxylic acids is 3. The van der Waals surface area contributed by atoms with Gasteiger partial charge in [-0.25, -0.2) is 9.69 Å². The highest BCUT2D eigenvalue weighted by molar-refractivity contribution is 6.27. The summed E-state index contributed by atoms with van der Waals surface area (Å²) in [4.78, 5) is 41.6. The minimum absolute atomic E-state index is 0.0720. The molecule has 1 saturated heterocycles. The van der Waals surface area contributed by atoms with E-state index in [1.165, 1.54) is 9.80 Å². The van der Waals surface area contributed by atoms with Crippen molar-refractivity contribution >= 4 is 23.5 Å². The molecule has 4 amide bonds. The van der Waals surface area contributed by atoms with Crippen LogP contribution in [-0.4, -0.2) is 28.8 Å². The fourth-order valence-electron chi connectivity index (χ4n) is 3.87. The molecule has 0 spiro atoms. The standard InChI is InChI=1S/C20H26N2O3/c1-2-3-14-17-18(23)21(15-10-6-4-7-11-15)20(25)22(19(17)24)16-12-8-5-9-13-16/h4,6-7,10-11,16-17H,2-3,5,8-9,12-14H2,1H3. The zero-order chi connectivity index (χ0) is 17.8. The van der Waals surface area contributed by atoms with Crippen molar-refractivity contribution in [1.82, 2.24) is 4.90 Å². The molecule has 1 aliphatic carbocycles. The van der Waals surface area contributed by atoms with Crippen LogP contribution in [0.5, 0.6) is 0 Å². The van der Waals surface area contributed by atoms with Crippen molar-refractivity contribution in [2.75, 3.05) is 4.90 Å². The average molecular weight is 342 g/mol. The van der Waals surface area contributed by atoms with Gasteiger partial charge in [-0.2, -0.15) is 0 Å². The van der Waals surface area contributed by atoms with E-state index in [0.717, 1.165) is 44.9 Å². The second-order valence-electron chi connectivity index (χ2n) is 6.99. The minimum atomic E-state index is -0.736. The molecule has 0 radical (unpaired) electrons. The first-order valence-corrected chi connectivity index (χ1v) is 9.41. The maximum Gasteiger partial charge on any atom is 0.338 e. The summed E-state index contributed by atoms with van der Waals surface area (Å²) in [6.45, 7) is 2.04. The molecule has 1 unspecified atom stereocenters. The zero-order valence-electron chi connectivity index (χ0n) is 14.8. The van der Waals surface area contributed by atoms with Gasteiger partial charge in [-0.05, 0) is 31.4 Å². The van der Waals surface area contributed by atoms with E-state index in [1.54, 1.807) is 24.3 Å². The van der Waals surface area contributed by atoms with Gasteiger partial charge in [0.05, 0.1) is 5.69 Å². The molecule has 134 valence electrons. The van der Waals surface area contributed by atoms with Crippen molar-refractivity contribution < 1.29 is 14.4 Å². The van der Waals surface area contributed by atoms with Crippen LogP contribution in [0.15, 0.2) is 30.3 Å². The lowest BCUT2D eigenvalue weighted by atomic mass is 9.90. The van der Waals surface area contributed by atoms with Gasteiger partial charge in [0.25, 0.3) is 0 Å². The van der Waals surface area contributed by atoms with Crippen LogP contribution in [0.3, 0.4) is 0 Å². The number of unbranched alkanes of at least 4 members (excludes halogenated alkanes) is 1. The maximum atomic E-state index is 13.1. The number of rotatable bonds is 5. The van der Waals surface area contributed by atoms with Crippen molar-refractivity contribution in [3.8, 4) is 0 Å². The van der Waals surface area contributed by atoms with Crippen LogP contribution < -0.4 is 4.90 Å². The molecular weight excluding hydrogens is 316 g/mol. The molecule has 1 saturated carbocycles. The van der Waals surface area contributed by atoms with Crippen molar-refractivity contribution in [3.05, 3.63) is 30.3 Å². The van der Waals surface area contributed by atoms with Gasteiger partial charge in [-0.1, -0.05) is 57.2 Å². The molecule has 1 aromatic carbocycles. The Morgan fingerprint density at radius 3 is 2.28 bits per heavy atom. The van der Waals surface area contributed by atoms with Crippen LogP contribution in [0.4, 0.5) is 10.5 Å². The largest absolute Gasteiger partial charge is 0.338 e. The molecule has 2 fully saturated rings. The quantitative estimate of drug-likeness (QED) is 0.756. The summed E-state index contributed by atoms with van der Waals surface area (Å²) >= 11 is 0. The Kier molecular flexibility index (Phi) is 5.51. The van der Waals surface area contributed by atoms with Gasteiger partial charge in [-0.3, -0.25) is 14.5 Å². The summed E-state index contributed by atoms with van der Waals surface area (Å²) < 4.78 is 0. The molecule has 1 heterocycles. The van der Waals surface area contributed by atoms with E-state index < -0.39 is 11.9 Å². The molecule has 3 rings (SSSR count). The molecule has 5 nitrogen and oxygen atoms in total. The van der Waals surface area contributed by atoms with Crippen LogP contribution in [0.25, 0.3) is 0 Å². The molecule has 1 aliphatic heterocycles. The van der Waals surface area contributed by atoms with Crippen molar-refractivity contribution in [2.45, 2.75) is 64.3 Å². The SMILES string of the molecule is CCCCC1C(=O)N(c2ccccc2)C(=O)N(C2CCCCC2)C1=O. The number of hydrogen-bond donors (Lipinski definition) is 0. The number of urea groups is 1. The van der Waals surface area contributed by atoms with Crippen LogP contribution >= 0.6 is 0 Å². The summed E-state index contributed by atoms with van der Waals surface area (Å²) in [6.07, 6.45) is 7.11. The lowest BCUT2D eigenvalue weighted by Crippen LogP contribution is -2.63. The molecule has 5 heteroatoms. The van der Waals surface area contributed by atoms with Gasteiger partial charge < -0.3 is 0 Å². The second kappa shape index (κ2) is 7.81. The summed E-state index contributed by atoms with van der Waals surface area (Å²) in [5.74, 6) is -1.40. The number of barbiturate groups is 1. The third-order valence-corrected chi connectivity index (χ3v) is 5.25. The Bertz CT molecular complexity index is 638. The zero-order valence-corrected chi connectivity index (χ0v) is 14.8. The molecule has 2 aliphatic rings. The molecule has 1 aromatic rings. The first kappa shape index (κ1) is 17.6. The van der Waals surface area contributed by atoms with E-state index in [1.807, 2.05) is 13.0 Å². The number of benzene rings is 1. The smallest absolute Gasteiger partial charge is 0.273 e. The van der Waals surface area contributed by atoms with Gasteiger partial charge in [0.2, 0.25) is 11.8 Å². The third kappa shape index (κ3) is 3.46. The van der Waals surface area contributed by atoms with E-state index >= 15 is 0 Å². The summed E-state index contributed by atoms with van der Waals surface area (Å²) in [5, 5.41) is 0. The summed E-state index contributed by atoms with van der Waals surface area (Å²) in [6, 6.07) is 8.42. The fourth-order valence-corrected chi connectivity index (χ4v) is 3.87. The number of amides is 4. The number of imide groups is 2. The monoisotopic (exact) mass is 342 g/mol. The number of carbonyl (C=O) groups is 3.